The predicted molar refractivity (Wildman–Crippen MR) is 60.9 cm³/mol. The van der Waals surface area contributed by atoms with Crippen LogP contribution in [-0.2, 0) is 0 Å². The number of rotatable bonds is 4. The number of hydrogen-bond donors (Lipinski definition) is 1. The fourth-order valence-electron chi connectivity index (χ4n) is 1.03. The average Bonchev–Trinajstić information content (AvgIpc) is 2.10. The summed E-state index contributed by atoms with van der Waals surface area (Å²) >= 11 is 9.14. The Balaban J connectivity index is 2.67. The monoisotopic (exact) mass is 278 g/mol. The highest BCUT2D eigenvalue weighted by atomic mass is 79.9. The molecule has 1 rings (SSSR count). The first kappa shape index (κ1) is 11.8. The highest BCUT2D eigenvalue weighted by molar-refractivity contribution is 9.10. The number of aliphatic hydroxyl groups excluding tert-OH is 1. The van der Waals surface area contributed by atoms with Crippen molar-refractivity contribution in [1.29, 1.82) is 0 Å². The lowest BCUT2D eigenvalue weighted by molar-refractivity contribution is 0.168. The summed E-state index contributed by atoms with van der Waals surface area (Å²) in [6.45, 7) is 2.05. The normalized spacial score (nSPS) is 12.6. The second-order valence-electron chi connectivity index (χ2n) is 3.02. The maximum Gasteiger partial charge on any atom is 0.133 e. The van der Waals surface area contributed by atoms with Crippen LogP contribution < -0.4 is 4.74 Å². The zero-order chi connectivity index (χ0) is 10.6. The van der Waals surface area contributed by atoms with Gasteiger partial charge in [-0.1, -0.05) is 11.6 Å². The first-order chi connectivity index (χ1) is 6.63. The van der Waals surface area contributed by atoms with Gasteiger partial charge < -0.3 is 9.84 Å². The number of hydrogen-bond acceptors (Lipinski definition) is 2. The van der Waals surface area contributed by atoms with E-state index in [4.69, 9.17) is 21.4 Å². The van der Waals surface area contributed by atoms with Crippen molar-refractivity contribution in [2.45, 2.75) is 19.4 Å². The molecule has 0 amide bonds. The molecule has 78 valence electrons. The molecule has 0 aliphatic carbocycles. The van der Waals surface area contributed by atoms with Crippen molar-refractivity contribution < 1.29 is 9.84 Å². The van der Waals surface area contributed by atoms with E-state index in [1.807, 2.05) is 6.92 Å². The molecule has 0 bridgehead atoms. The minimum Gasteiger partial charge on any atom is -0.489 e. The van der Waals surface area contributed by atoms with Gasteiger partial charge in [0.2, 0.25) is 0 Å². The van der Waals surface area contributed by atoms with Gasteiger partial charge in [0.1, 0.15) is 5.75 Å². The molecular weight excluding hydrogens is 267 g/mol. The Morgan fingerprint density at radius 2 is 2.29 bits per heavy atom. The second-order valence-corrected chi connectivity index (χ2v) is 4.31. The van der Waals surface area contributed by atoms with E-state index in [1.165, 1.54) is 0 Å². The van der Waals surface area contributed by atoms with Gasteiger partial charge in [-0.2, -0.15) is 0 Å². The van der Waals surface area contributed by atoms with Crippen molar-refractivity contribution >= 4 is 27.5 Å². The Morgan fingerprint density at radius 3 is 2.86 bits per heavy atom. The third-order valence-corrected chi connectivity index (χ3v) is 2.61. The third kappa shape index (κ3) is 3.48. The molecule has 0 aliphatic rings. The van der Waals surface area contributed by atoms with Crippen molar-refractivity contribution in [1.82, 2.24) is 0 Å². The molecule has 4 heteroatoms. The molecule has 14 heavy (non-hydrogen) atoms. The van der Waals surface area contributed by atoms with Crippen LogP contribution in [0.15, 0.2) is 22.7 Å². The van der Waals surface area contributed by atoms with E-state index in [-0.39, 0.29) is 12.7 Å². The molecule has 1 atom stereocenters. The minimum absolute atomic E-state index is 0.00234. The van der Waals surface area contributed by atoms with Crippen LogP contribution in [0.2, 0.25) is 5.02 Å². The topological polar surface area (TPSA) is 29.5 Å². The molecule has 0 saturated heterocycles. The lowest BCUT2D eigenvalue weighted by atomic mass is 10.3. The van der Waals surface area contributed by atoms with Crippen LogP contribution >= 0.6 is 27.5 Å². The van der Waals surface area contributed by atoms with Gasteiger partial charge in [-0.05, 0) is 41.1 Å². The Kier molecular flexibility index (Phi) is 4.72. The van der Waals surface area contributed by atoms with Crippen LogP contribution in [0.1, 0.15) is 13.3 Å². The van der Waals surface area contributed by atoms with E-state index in [1.54, 1.807) is 18.2 Å². The Morgan fingerprint density at radius 1 is 1.57 bits per heavy atom. The highest BCUT2D eigenvalue weighted by Crippen LogP contribution is 2.28. The van der Waals surface area contributed by atoms with Gasteiger partial charge in [0, 0.05) is 18.1 Å². The number of halogens is 2. The molecule has 0 fully saturated rings. The van der Waals surface area contributed by atoms with Crippen molar-refractivity contribution in [3.63, 3.8) is 0 Å². The number of aliphatic hydroxyl groups is 1. The Labute approximate surface area is 97.0 Å². The molecule has 0 aromatic heterocycles. The Hall–Kier alpha value is -0.250. The molecule has 0 spiro atoms. The van der Waals surface area contributed by atoms with Crippen molar-refractivity contribution in [2.75, 3.05) is 6.61 Å². The van der Waals surface area contributed by atoms with Crippen LogP contribution in [0.5, 0.6) is 5.75 Å². The maximum atomic E-state index is 8.72. The van der Waals surface area contributed by atoms with Crippen molar-refractivity contribution in [3.8, 4) is 5.75 Å². The molecule has 0 heterocycles. The molecule has 1 aromatic rings. The van der Waals surface area contributed by atoms with E-state index in [2.05, 4.69) is 15.9 Å². The van der Waals surface area contributed by atoms with E-state index in [0.29, 0.717) is 11.4 Å². The number of benzene rings is 1. The summed E-state index contributed by atoms with van der Waals surface area (Å²) in [6.07, 6.45) is 0.618. The van der Waals surface area contributed by atoms with Crippen LogP contribution in [0.3, 0.4) is 0 Å². The molecule has 0 radical (unpaired) electrons. The fourth-order valence-corrected chi connectivity index (χ4v) is 1.80. The van der Waals surface area contributed by atoms with Gasteiger partial charge in [-0.3, -0.25) is 0 Å². The molecular formula is C10H12BrClO2. The van der Waals surface area contributed by atoms with Crippen LogP contribution in [0.25, 0.3) is 0 Å². The predicted octanol–water partition coefficient (Wildman–Crippen LogP) is 3.25. The smallest absolute Gasteiger partial charge is 0.133 e. The SMILES string of the molecule is C[C@H](CCO)Oc1ccc(Cl)cc1Br. The van der Waals surface area contributed by atoms with E-state index in [0.717, 1.165) is 10.2 Å². The maximum absolute atomic E-state index is 8.72. The van der Waals surface area contributed by atoms with Gasteiger partial charge in [-0.15, -0.1) is 0 Å². The third-order valence-electron chi connectivity index (χ3n) is 1.76. The van der Waals surface area contributed by atoms with E-state index in [9.17, 15) is 0 Å². The van der Waals surface area contributed by atoms with Crippen molar-refractivity contribution in [3.05, 3.63) is 27.7 Å². The first-order valence-corrected chi connectivity index (χ1v) is 5.53. The Bertz CT molecular complexity index is 304. The summed E-state index contributed by atoms with van der Waals surface area (Å²) < 4.78 is 6.40. The molecule has 0 saturated carbocycles. The summed E-state index contributed by atoms with van der Waals surface area (Å²) in [6, 6.07) is 5.36. The average molecular weight is 280 g/mol. The molecule has 1 N–H and O–H groups in total. The summed E-state index contributed by atoms with van der Waals surface area (Å²) in [4.78, 5) is 0. The van der Waals surface area contributed by atoms with Gasteiger partial charge in [0.05, 0.1) is 10.6 Å². The zero-order valence-electron chi connectivity index (χ0n) is 7.84. The quantitative estimate of drug-likeness (QED) is 0.917. The van der Waals surface area contributed by atoms with Crippen LogP contribution in [-0.4, -0.2) is 17.8 Å². The van der Waals surface area contributed by atoms with Crippen LogP contribution in [0.4, 0.5) is 0 Å². The van der Waals surface area contributed by atoms with Gasteiger partial charge in [0.15, 0.2) is 0 Å². The standard InChI is InChI=1S/C10H12BrClO2/c1-7(4-5-13)14-10-3-2-8(12)6-9(10)11/h2-3,6-7,13H,4-5H2,1H3/t7-/m1/s1. The highest BCUT2D eigenvalue weighted by Gasteiger charge is 2.06. The van der Waals surface area contributed by atoms with E-state index >= 15 is 0 Å². The number of ether oxygens (including phenoxy) is 1. The largest absolute Gasteiger partial charge is 0.489 e. The first-order valence-electron chi connectivity index (χ1n) is 4.36. The molecule has 1 aromatic carbocycles. The summed E-state index contributed by atoms with van der Waals surface area (Å²) in [5.74, 6) is 0.746. The lowest BCUT2D eigenvalue weighted by Gasteiger charge is -2.14. The van der Waals surface area contributed by atoms with E-state index < -0.39 is 0 Å². The minimum atomic E-state index is -0.00234. The summed E-state index contributed by atoms with van der Waals surface area (Å²) in [7, 11) is 0. The molecule has 2 nitrogen and oxygen atoms in total. The van der Waals surface area contributed by atoms with Gasteiger partial charge >= 0.3 is 0 Å². The fraction of sp³-hybridized carbons (Fsp3) is 0.400. The van der Waals surface area contributed by atoms with Crippen LogP contribution in [0, 0.1) is 0 Å². The second kappa shape index (κ2) is 5.59. The van der Waals surface area contributed by atoms with Crippen molar-refractivity contribution in [2.24, 2.45) is 0 Å². The zero-order valence-corrected chi connectivity index (χ0v) is 10.2. The van der Waals surface area contributed by atoms with Gasteiger partial charge in [0.25, 0.3) is 0 Å². The summed E-state index contributed by atoms with van der Waals surface area (Å²) in [5.41, 5.74) is 0. The molecule has 0 aliphatic heterocycles. The van der Waals surface area contributed by atoms with Gasteiger partial charge in [-0.25, -0.2) is 0 Å². The summed E-state index contributed by atoms with van der Waals surface area (Å²) in [5, 5.41) is 9.38. The lowest BCUT2D eigenvalue weighted by Crippen LogP contribution is -2.13. The molecule has 0 unspecified atom stereocenters.